The van der Waals surface area contributed by atoms with Crippen molar-refractivity contribution in [2.45, 2.75) is 19.6 Å². The molecule has 6 heteroatoms. The molecule has 0 unspecified atom stereocenters. The number of hydrogen-bond acceptors (Lipinski definition) is 3. The molecule has 4 nitrogen and oxygen atoms in total. The minimum absolute atomic E-state index is 0.243. The Labute approximate surface area is 110 Å². The maximum absolute atomic E-state index is 11.3. The SMILES string of the molecule is COc1ccc2[nH]c(C)c(C)c2c1CS(=O)(=O)Cl. The molecular formula is C12H14ClNO3S. The molecule has 1 N–H and O–H groups in total. The van der Waals surface area contributed by atoms with Gasteiger partial charge in [0.1, 0.15) is 5.75 Å². The van der Waals surface area contributed by atoms with Crippen molar-refractivity contribution < 1.29 is 13.2 Å². The van der Waals surface area contributed by atoms with Gasteiger partial charge in [-0.05, 0) is 31.5 Å². The highest BCUT2D eigenvalue weighted by Gasteiger charge is 2.18. The highest BCUT2D eigenvalue weighted by atomic mass is 35.7. The molecule has 0 radical (unpaired) electrons. The van der Waals surface area contributed by atoms with Gasteiger partial charge in [-0.1, -0.05) is 0 Å². The first-order chi connectivity index (χ1) is 8.33. The van der Waals surface area contributed by atoms with E-state index in [0.717, 1.165) is 22.2 Å². The van der Waals surface area contributed by atoms with Gasteiger partial charge in [-0.15, -0.1) is 0 Å². The highest BCUT2D eigenvalue weighted by molar-refractivity contribution is 8.13. The lowest BCUT2D eigenvalue weighted by molar-refractivity contribution is 0.412. The molecule has 1 aromatic heterocycles. The summed E-state index contributed by atoms with van der Waals surface area (Å²) in [5.74, 6) is 0.293. The quantitative estimate of drug-likeness (QED) is 0.883. The summed E-state index contributed by atoms with van der Waals surface area (Å²) in [5, 5.41) is 0.871. The van der Waals surface area contributed by atoms with Crippen LogP contribution in [0.3, 0.4) is 0 Å². The fraction of sp³-hybridized carbons (Fsp3) is 0.333. The van der Waals surface area contributed by atoms with Gasteiger partial charge in [0, 0.05) is 32.8 Å². The third kappa shape index (κ3) is 2.33. The first-order valence-electron chi connectivity index (χ1n) is 5.40. The second kappa shape index (κ2) is 4.48. The number of ether oxygens (including phenoxy) is 1. The number of H-pyrrole nitrogens is 1. The van der Waals surface area contributed by atoms with E-state index in [1.54, 1.807) is 6.07 Å². The maximum atomic E-state index is 11.3. The van der Waals surface area contributed by atoms with E-state index in [1.165, 1.54) is 7.11 Å². The van der Waals surface area contributed by atoms with Crippen LogP contribution in [0.25, 0.3) is 10.9 Å². The number of rotatable bonds is 3. The molecule has 18 heavy (non-hydrogen) atoms. The van der Waals surface area contributed by atoms with Gasteiger partial charge >= 0.3 is 0 Å². The number of methoxy groups -OCH3 is 1. The molecular weight excluding hydrogens is 274 g/mol. The number of halogens is 1. The standard InChI is InChI=1S/C12H14ClNO3S/c1-7-8(2)14-10-4-5-11(17-3)9(12(7)10)6-18(13,15)16/h4-5,14H,6H2,1-3H3. The predicted octanol–water partition coefficient (Wildman–Crippen LogP) is 2.86. The summed E-state index contributed by atoms with van der Waals surface area (Å²) in [4.78, 5) is 3.21. The van der Waals surface area contributed by atoms with E-state index >= 15 is 0 Å². The van der Waals surface area contributed by atoms with E-state index in [-0.39, 0.29) is 5.75 Å². The number of nitrogens with one attached hydrogen (secondary N) is 1. The van der Waals surface area contributed by atoms with Gasteiger partial charge in [0.25, 0.3) is 0 Å². The van der Waals surface area contributed by atoms with Crippen molar-refractivity contribution in [1.29, 1.82) is 0 Å². The summed E-state index contributed by atoms with van der Waals surface area (Å²) in [6.45, 7) is 3.89. The fourth-order valence-electron chi connectivity index (χ4n) is 2.15. The van der Waals surface area contributed by atoms with Gasteiger partial charge in [-0.25, -0.2) is 8.42 Å². The number of fused-ring (bicyclic) bond motifs is 1. The second-order valence-corrected chi connectivity index (χ2v) is 7.00. The van der Waals surface area contributed by atoms with Crippen LogP contribution < -0.4 is 4.74 Å². The number of aromatic amines is 1. The van der Waals surface area contributed by atoms with Gasteiger partial charge in [0.05, 0.1) is 12.9 Å². The van der Waals surface area contributed by atoms with Crippen LogP contribution in [0.4, 0.5) is 0 Å². The first-order valence-corrected chi connectivity index (χ1v) is 7.88. The molecule has 0 bridgehead atoms. The molecule has 0 saturated carbocycles. The molecule has 0 aliphatic heterocycles. The Morgan fingerprint density at radius 2 is 2.00 bits per heavy atom. The van der Waals surface area contributed by atoms with Gasteiger partial charge in [0.15, 0.2) is 0 Å². The summed E-state index contributed by atoms with van der Waals surface area (Å²) in [7, 11) is 3.25. The highest BCUT2D eigenvalue weighted by Crippen LogP contribution is 2.33. The van der Waals surface area contributed by atoms with E-state index in [4.69, 9.17) is 15.4 Å². The lowest BCUT2D eigenvalue weighted by atomic mass is 10.1. The molecule has 2 aromatic rings. The summed E-state index contributed by atoms with van der Waals surface area (Å²) < 4.78 is 27.9. The van der Waals surface area contributed by atoms with Crippen molar-refractivity contribution in [2.75, 3.05) is 7.11 Å². The minimum atomic E-state index is -3.63. The Morgan fingerprint density at radius 1 is 1.33 bits per heavy atom. The monoisotopic (exact) mass is 287 g/mol. The third-order valence-electron chi connectivity index (χ3n) is 3.07. The largest absolute Gasteiger partial charge is 0.496 e. The average molecular weight is 288 g/mol. The smallest absolute Gasteiger partial charge is 0.236 e. The Morgan fingerprint density at radius 3 is 2.56 bits per heavy atom. The van der Waals surface area contributed by atoms with E-state index in [1.807, 2.05) is 19.9 Å². The van der Waals surface area contributed by atoms with Gasteiger partial charge in [-0.3, -0.25) is 0 Å². The summed E-state index contributed by atoms with van der Waals surface area (Å²) in [6, 6.07) is 3.62. The van der Waals surface area contributed by atoms with Crippen molar-refractivity contribution in [2.24, 2.45) is 0 Å². The van der Waals surface area contributed by atoms with Crippen LogP contribution in [0.15, 0.2) is 12.1 Å². The number of aromatic nitrogens is 1. The van der Waals surface area contributed by atoms with Crippen LogP contribution in [0.2, 0.25) is 0 Å². The number of hydrogen-bond donors (Lipinski definition) is 1. The van der Waals surface area contributed by atoms with Crippen molar-refractivity contribution in [1.82, 2.24) is 4.98 Å². The number of aryl methyl sites for hydroxylation is 2. The molecule has 1 aromatic carbocycles. The van der Waals surface area contributed by atoms with Gasteiger partial charge in [-0.2, -0.15) is 0 Å². The first kappa shape index (κ1) is 13.2. The maximum Gasteiger partial charge on any atom is 0.236 e. The van der Waals surface area contributed by atoms with Crippen LogP contribution in [0.1, 0.15) is 16.8 Å². The van der Waals surface area contributed by atoms with Crippen molar-refractivity contribution in [3.63, 3.8) is 0 Å². The van der Waals surface area contributed by atoms with E-state index in [0.29, 0.717) is 11.3 Å². The van der Waals surface area contributed by atoms with Gasteiger partial charge in [0.2, 0.25) is 9.05 Å². The van der Waals surface area contributed by atoms with E-state index < -0.39 is 9.05 Å². The molecule has 0 spiro atoms. The van der Waals surface area contributed by atoms with Crippen LogP contribution >= 0.6 is 10.7 Å². The molecule has 2 rings (SSSR count). The summed E-state index contributed by atoms with van der Waals surface area (Å²) in [5.41, 5.74) is 3.51. The topological polar surface area (TPSA) is 59.2 Å². The Kier molecular flexibility index (Phi) is 3.29. The van der Waals surface area contributed by atoms with Crippen molar-refractivity contribution in [3.05, 3.63) is 29.0 Å². The molecule has 0 amide bonds. The third-order valence-corrected chi connectivity index (χ3v) is 4.03. The molecule has 0 saturated heterocycles. The van der Waals surface area contributed by atoms with Crippen LogP contribution in [0, 0.1) is 13.8 Å². The van der Waals surface area contributed by atoms with Crippen LogP contribution in [0.5, 0.6) is 5.75 Å². The normalized spacial score (nSPS) is 12.0. The summed E-state index contributed by atoms with van der Waals surface area (Å²) >= 11 is 0. The van der Waals surface area contributed by atoms with Crippen LogP contribution in [-0.2, 0) is 14.8 Å². The van der Waals surface area contributed by atoms with Gasteiger partial charge < -0.3 is 9.72 Å². The Hall–Kier alpha value is -1.20. The van der Waals surface area contributed by atoms with E-state index in [9.17, 15) is 8.42 Å². The lowest BCUT2D eigenvalue weighted by Crippen LogP contribution is -1.99. The average Bonchev–Trinajstić information content (AvgIpc) is 2.54. The zero-order valence-electron chi connectivity index (χ0n) is 10.4. The molecule has 0 aliphatic rings. The second-order valence-electron chi connectivity index (χ2n) is 4.23. The fourth-order valence-corrected chi connectivity index (χ4v) is 3.11. The van der Waals surface area contributed by atoms with Crippen molar-refractivity contribution >= 4 is 30.6 Å². The molecule has 0 fully saturated rings. The predicted molar refractivity (Wildman–Crippen MR) is 72.8 cm³/mol. The van der Waals surface area contributed by atoms with E-state index in [2.05, 4.69) is 4.98 Å². The Bertz CT molecular complexity index is 704. The minimum Gasteiger partial charge on any atom is -0.496 e. The lowest BCUT2D eigenvalue weighted by Gasteiger charge is -2.09. The Balaban J connectivity index is 2.80. The molecule has 98 valence electrons. The molecule has 1 heterocycles. The summed E-state index contributed by atoms with van der Waals surface area (Å²) in [6.07, 6.45) is 0. The van der Waals surface area contributed by atoms with Crippen LogP contribution in [-0.4, -0.2) is 20.5 Å². The molecule has 0 aliphatic carbocycles. The number of benzene rings is 1. The van der Waals surface area contributed by atoms with Crippen molar-refractivity contribution in [3.8, 4) is 5.75 Å². The zero-order valence-corrected chi connectivity index (χ0v) is 11.9. The zero-order chi connectivity index (χ0) is 13.5. The molecule has 0 atom stereocenters.